The normalized spacial score (nSPS) is 14.9. The molecule has 0 saturated carbocycles. The van der Waals surface area contributed by atoms with E-state index in [4.69, 9.17) is 23.2 Å². The van der Waals surface area contributed by atoms with Gasteiger partial charge in [0.25, 0.3) is 11.8 Å². The van der Waals surface area contributed by atoms with Gasteiger partial charge in [-0.3, -0.25) is 28.8 Å². The molecule has 1 aliphatic heterocycles. The second-order valence-corrected chi connectivity index (χ2v) is 11.6. The highest BCUT2D eigenvalue weighted by molar-refractivity contribution is 7.99. The zero-order valence-electron chi connectivity index (χ0n) is 20.9. The molecule has 4 rings (SSSR count). The van der Waals surface area contributed by atoms with E-state index in [1.807, 2.05) is 0 Å². The summed E-state index contributed by atoms with van der Waals surface area (Å²) < 4.78 is 15.5. The van der Waals surface area contributed by atoms with Gasteiger partial charge in [0.1, 0.15) is 5.82 Å². The third-order valence-electron chi connectivity index (χ3n) is 5.70. The third kappa shape index (κ3) is 7.57. The minimum Gasteiger partial charge on any atom is -0.354 e. The van der Waals surface area contributed by atoms with Crippen molar-refractivity contribution >= 4 is 73.9 Å². The van der Waals surface area contributed by atoms with Gasteiger partial charge in [0.15, 0.2) is 0 Å². The number of hydrogen-bond acceptors (Lipinski definition) is 7. The monoisotopic (exact) mass is 602 g/mol. The number of pyridine rings is 1. The van der Waals surface area contributed by atoms with Crippen LogP contribution in [-0.2, 0) is 19.3 Å². The molecule has 4 amide bonds. The van der Waals surface area contributed by atoms with E-state index in [-0.39, 0.29) is 51.5 Å². The number of nitrogens with one attached hydrogen (secondary N) is 4. The average molecular weight is 603 g/mol. The smallest absolute Gasteiger partial charge is 0.258 e. The van der Waals surface area contributed by atoms with Gasteiger partial charge < -0.3 is 16.0 Å². The Bertz CT molecular complexity index is 1560. The van der Waals surface area contributed by atoms with E-state index >= 15 is 0 Å². The van der Waals surface area contributed by atoms with Crippen LogP contribution in [0.5, 0.6) is 0 Å². The number of piperazine rings is 1. The van der Waals surface area contributed by atoms with Crippen LogP contribution >= 0.6 is 23.2 Å². The molecule has 0 bridgehead atoms. The molecule has 3 aromatic rings. The van der Waals surface area contributed by atoms with Gasteiger partial charge in [-0.25, -0.2) is 9.19 Å². The molecule has 4 N–H and O–H groups in total. The minimum atomic E-state index is -3.22. The quantitative estimate of drug-likeness (QED) is 0.289. The van der Waals surface area contributed by atoms with Gasteiger partial charge >= 0.3 is 0 Å². The number of carbonyl (C=O) groups excluding carboxylic acids is 4. The van der Waals surface area contributed by atoms with Gasteiger partial charge in [-0.2, -0.15) is 0 Å². The van der Waals surface area contributed by atoms with Gasteiger partial charge in [0, 0.05) is 34.8 Å². The van der Waals surface area contributed by atoms with Crippen molar-refractivity contribution in [2.75, 3.05) is 36.8 Å². The second kappa shape index (κ2) is 12.5. The van der Waals surface area contributed by atoms with Gasteiger partial charge in [-0.1, -0.05) is 23.2 Å². The first-order valence-electron chi connectivity index (χ1n) is 11.8. The zero-order valence-corrected chi connectivity index (χ0v) is 23.2. The number of carbonyl (C=O) groups is 4. The van der Waals surface area contributed by atoms with Crippen LogP contribution in [0.4, 0.5) is 11.5 Å². The Morgan fingerprint density at radius 2 is 1.73 bits per heavy atom. The van der Waals surface area contributed by atoms with Gasteiger partial charge in [-0.15, -0.1) is 0 Å². The van der Waals surface area contributed by atoms with Crippen LogP contribution in [0.15, 0.2) is 65.7 Å². The van der Waals surface area contributed by atoms with E-state index in [9.17, 15) is 23.4 Å². The molecule has 14 heteroatoms. The Morgan fingerprint density at radius 1 is 1.00 bits per heavy atom. The standard InChI is InChI=1S/C26H24Cl2N6O5S/c1-40(39,33-24(36)15-34-11-10-29-23(35)14-34)19-6-2-16(3-7-19)25(37)31-21-8-4-17(27)12-20(21)26(38)32-22-9-5-18(28)13-30-22/h2-9,12-13H,1,10-11,14-15H2,(H,29,35)(H,31,37)(H,30,32,38)(H,33,36,39). The first-order valence-corrected chi connectivity index (χ1v) is 14.3. The van der Waals surface area contributed by atoms with E-state index in [1.54, 1.807) is 11.0 Å². The van der Waals surface area contributed by atoms with E-state index < -0.39 is 27.4 Å². The van der Waals surface area contributed by atoms with Crippen molar-refractivity contribution in [2.24, 2.45) is 0 Å². The van der Waals surface area contributed by atoms with E-state index in [0.29, 0.717) is 18.1 Å². The molecule has 1 fully saturated rings. The number of aromatic nitrogens is 1. The summed E-state index contributed by atoms with van der Waals surface area (Å²) in [7, 11) is -3.22. The molecule has 1 unspecified atom stereocenters. The maximum absolute atomic E-state index is 13.1. The summed E-state index contributed by atoms with van der Waals surface area (Å²) in [5.41, 5.74) is 0.499. The molecule has 0 spiro atoms. The van der Waals surface area contributed by atoms with Crippen molar-refractivity contribution < 1.29 is 23.4 Å². The summed E-state index contributed by atoms with van der Waals surface area (Å²) in [4.78, 5) is 55.6. The van der Waals surface area contributed by atoms with Crippen molar-refractivity contribution in [1.29, 1.82) is 0 Å². The molecule has 0 aliphatic carbocycles. The summed E-state index contributed by atoms with van der Waals surface area (Å²) >= 11 is 11.9. The lowest BCUT2D eigenvalue weighted by atomic mass is 10.1. The topological polar surface area (TPSA) is 150 Å². The molecule has 208 valence electrons. The number of hydrogen-bond donors (Lipinski definition) is 4. The highest BCUT2D eigenvalue weighted by Crippen LogP contribution is 2.23. The Labute approximate surface area is 240 Å². The van der Waals surface area contributed by atoms with E-state index in [2.05, 4.69) is 31.5 Å². The first kappa shape index (κ1) is 29.0. The van der Waals surface area contributed by atoms with Crippen LogP contribution in [0.1, 0.15) is 20.7 Å². The predicted molar refractivity (Wildman–Crippen MR) is 154 cm³/mol. The molecular formula is C26H24Cl2N6O5S. The summed E-state index contributed by atoms with van der Waals surface area (Å²) in [5.74, 6) is 2.06. The van der Waals surface area contributed by atoms with Gasteiger partial charge in [-0.05, 0) is 60.5 Å². The fourth-order valence-electron chi connectivity index (χ4n) is 3.77. The first-order chi connectivity index (χ1) is 19.0. The summed E-state index contributed by atoms with van der Waals surface area (Å²) in [6, 6.07) is 13.2. The Hall–Kier alpha value is -3.97. The minimum absolute atomic E-state index is 0.0740. The van der Waals surface area contributed by atoms with Crippen molar-refractivity contribution in [3.8, 4) is 0 Å². The van der Waals surface area contributed by atoms with Gasteiger partial charge in [0.05, 0.1) is 39.1 Å². The lowest BCUT2D eigenvalue weighted by Gasteiger charge is -2.26. The predicted octanol–water partition coefficient (Wildman–Crippen LogP) is 2.43. The Kier molecular flexibility index (Phi) is 9.05. The average Bonchev–Trinajstić information content (AvgIpc) is 2.90. The van der Waals surface area contributed by atoms with E-state index in [0.717, 1.165) is 0 Å². The Morgan fingerprint density at radius 3 is 2.40 bits per heavy atom. The molecule has 0 radical (unpaired) electrons. The van der Waals surface area contributed by atoms with Crippen LogP contribution in [0.25, 0.3) is 0 Å². The largest absolute Gasteiger partial charge is 0.354 e. The van der Waals surface area contributed by atoms with Crippen LogP contribution in [0.2, 0.25) is 10.0 Å². The molecule has 1 atom stereocenters. The maximum Gasteiger partial charge on any atom is 0.258 e. The fraction of sp³-hybridized carbons (Fsp3) is 0.154. The highest BCUT2D eigenvalue weighted by atomic mass is 35.5. The lowest BCUT2D eigenvalue weighted by molar-refractivity contribution is -0.126. The van der Waals surface area contributed by atoms with Crippen molar-refractivity contribution in [2.45, 2.75) is 4.90 Å². The number of nitrogens with zero attached hydrogens (tertiary/aromatic N) is 2. The van der Waals surface area contributed by atoms with Crippen LogP contribution < -0.4 is 20.7 Å². The van der Waals surface area contributed by atoms with Gasteiger partial charge in [0.2, 0.25) is 11.8 Å². The highest BCUT2D eigenvalue weighted by Gasteiger charge is 2.21. The molecule has 2 heterocycles. The molecular weight excluding hydrogens is 579 g/mol. The van der Waals surface area contributed by atoms with E-state index in [1.165, 1.54) is 54.7 Å². The SMILES string of the molecule is C=S(=O)(NC(=O)CN1CCNC(=O)C1)c1ccc(C(=O)Nc2ccc(Cl)cc2C(=O)Nc2ccc(Cl)cn2)cc1. The lowest BCUT2D eigenvalue weighted by Crippen LogP contribution is -2.51. The third-order valence-corrected chi connectivity index (χ3v) is 7.75. The molecule has 1 saturated heterocycles. The van der Waals surface area contributed by atoms with Crippen LogP contribution in [-0.4, -0.2) is 69.8 Å². The summed E-state index contributed by atoms with van der Waals surface area (Å²) in [6.45, 7) is 0.892. The number of amides is 4. The fourth-order valence-corrected chi connectivity index (χ4v) is 5.18. The molecule has 1 aromatic heterocycles. The Balaban J connectivity index is 1.42. The molecule has 11 nitrogen and oxygen atoms in total. The molecule has 1 aliphatic rings. The number of halogens is 2. The van der Waals surface area contributed by atoms with Crippen molar-refractivity contribution in [3.05, 3.63) is 82.0 Å². The molecule has 40 heavy (non-hydrogen) atoms. The molecule has 2 aromatic carbocycles. The number of rotatable bonds is 8. The summed E-state index contributed by atoms with van der Waals surface area (Å²) in [5, 5.41) is 8.65. The summed E-state index contributed by atoms with van der Waals surface area (Å²) in [6.07, 6.45) is 1.38. The number of anilines is 2. The second-order valence-electron chi connectivity index (χ2n) is 8.75. The zero-order chi connectivity index (χ0) is 28.9. The van der Waals surface area contributed by atoms with Crippen LogP contribution in [0, 0.1) is 0 Å². The van der Waals surface area contributed by atoms with Crippen molar-refractivity contribution in [3.63, 3.8) is 0 Å². The number of benzene rings is 2. The van der Waals surface area contributed by atoms with Crippen molar-refractivity contribution in [1.82, 2.24) is 19.9 Å². The maximum atomic E-state index is 13.1. The van der Waals surface area contributed by atoms with Crippen LogP contribution in [0.3, 0.4) is 0 Å².